The number of aromatic nitrogens is 1. The van der Waals surface area contributed by atoms with Gasteiger partial charge in [0, 0.05) is 35.2 Å². The Hall–Kier alpha value is -1.76. The maximum absolute atomic E-state index is 12.1. The molecule has 0 spiro atoms. The molecule has 0 unspecified atom stereocenters. The van der Waals surface area contributed by atoms with Crippen molar-refractivity contribution in [2.75, 3.05) is 5.32 Å². The average molecular weight is 347 g/mol. The zero-order valence-electron chi connectivity index (χ0n) is 10.1. The molecule has 0 amide bonds. The zero-order chi connectivity index (χ0) is 14.6. The molecular weight excluding hydrogens is 337 g/mol. The molecule has 7 heteroatoms. The fourth-order valence-corrected chi connectivity index (χ4v) is 1.97. The predicted molar refractivity (Wildman–Crippen MR) is 72.4 cm³/mol. The number of anilines is 1. The fraction of sp³-hybridized carbons (Fsp3) is 0.154. The van der Waals surface area contributed by atoms with E-state index < -0.39 is 6.36 Å². The molecule has 0 saturated carbocycles. The predicted octanol–water partition coefficient (Wildman–Crippen LogP) is 4.35. The van der Waals surface area contributed by atoms with E-state index in [9.17, 15) is 13.2 Å². The molecule has 106 valence electrons. The summed E-state index contributed by atoms with van der Waals surface area (Å²) < 4.78 is 41.0. The summed E-state index contributed by atoms with van der Waals surface area (Å²) in [5.41, 5.74) is 1.44. The normalized spacial score (nSPS) is 11.2. The lowest BCUT2D eigenvalue weighted by Gasteiger charge is -2.11. The molecule has 1 aromatic heterocycles. The number of pyridine rings is 1. The van der Waals surface area contributed by atoms with E-state index in [1.807, 2.05) is 6.07 Å². The first-order chi connectivity index (χ1) is 9.42. The molecule has 0 saturated heterocycles. The Kier molecular flexibility index (Phi) is 4.49. The van der Waals surface area contributed by atoms with Crippen LogP contribution in [0.15, 0.2) is 47.2 Å². The molecule has 2 rings (SSSR count). The minimum Gasteiger partial charge on any atom is -0.406 e. The van der Waals surface area contributed by atoms with Crippen molar-refractivity contribution in [3.05, 3.63) is 52.8 Å². The van der Waals surface area contributed by atoms with E-state index in [0.717, 1.165) is 10.0 Å². The lowest BCUT2D eigenvalue weighted by molar-refractivity contribution is -0.274. The van der Waals surface area contributed by atoms with Crippen LogP contribution in [0.4, 0.5) is 18.9 Å². The van der Waals surface area contributed by atoms with Gasteiger partial charge in [-0.25, -0.2) is 0 Å². The van der Waals surface area contributed by atoms with Crippen LogP contribution in [0.25, 0.3) is 0 Å². The summed E-state index contributed by atoms with van der Waals surface area (Å²) >= 11 is 3.30. The van der Waals surface area contributed by atoms with Crippen LogP contribution >= 0.6 is 15.9 Å². The molecule has 20 heavy (non-hydrogen) atoms. The number of nitrogens with one attached hydrogen (secondary N) is 1. The van der Waals surface area contributed by atoms with Crippen molar-refractivity contribution in [3.8, 4) is 5.75 Å². The van der Waals surface area contributed by atoms with Crippen molar-refractivity contribution in [2.45, 2.75) is 12.9 Å². The van der Waals surface area contributed by atoms with Gasteiger partial charge >= 0.3 is 6.36 Å². The van der Waals surface area contributed by atoms with Crippen LogP contribution in [0.1, 0.15) is 5.56 Å². The molecule has 0 atom stereocenters. The zero-order valence-corrected chi connectivity index (χ0v) is 11.7. The van der Waals surface area contributed by atoms with E-state index in [2.05, 4.69) is 31.0 Å². The first-order valence-electron chi connectivity index (χ1n) is 5.61. The van der Waals surface area contributed by atoms with E-state index in [1.165, 1.54) is 18.2 Å². The van der Waals surface area contributed by atoms with Crippen LogP contribution in [0.5, 0.6) is 5.75 Å². The van der Waals surface area contributed by atoms with Gasteiger partial charge in [-0.05, 0) is 39.7 Å². The van der Waals surface area contributed by atoms with Gasteiger partial charge < -0.3 is 10.1 Å². The Morgan fingerprint density at radius 2 is 2.00 bits per heavy atom. The maximum atomic E-state index is 12.1. The second-order valence-corrected chi connectivity index (χ2v) is 4.86. The Bertz CT molecular complexity index is 590. The summed E-state index contributed by atoms with van der Waals surface area (Å²) in [7, 11) is 0. The van der Waals surface area contributed by atoms with E-state index in [4.69, 9.17) is 0 Å². The molecule has 0 aliphatic heterocycles. The number of hydrogen-bond acceptors (Lipinski definition) is 3. The number of nitrogens with zero attached hydrogens (tertiary/aromatic N) is 1. The van der Waals surface area contributed by atoms with Gasteiger partial charge in [0.05, 0.1) is 0 Å². The molecule has 2 aromatic rings. The van der Waals surface area contributed by atoms with Gasteiger partial charge in [-0.15, -0.1) is 13.2 Å². The lowest BCUT2D eigenvalue weighted by Crippen LogP contribution is -2.17. The van der Waals surface area contributed by atoms with Crippen molar-refractivity contribution in [1.82, 2.24) is 4.98 Å². The maximum Gasteiger partial charge on any atom is 0.573 e. The van der Waals surface area contributed by atoms with E-state index >= 15 is 0 Å². The number of alkyl halides is 3. The highest BCUT2D eigenvalue weighted by molar-refractivity contribution is 9.10. The summed E-state index contributed by atoms with van der Waals surface area (Å²) in [5.74, 6) is -0.255. The van der Waals surface area contributed by atoms with Gasteiger partial charge in [-0.2, -0.15) is 0 Å². The van der Waals surface area contributed by atoms with Gasteiger partial charge in [-0.1, -0.05) is 6.07 Å². The second-order valence-electron chi connectivity index (χ2n) is 3.94. The molecule has 1 N–H and O–H groups in total. The lowest BCUT2D eigenvalue weighted by atomic mass is 10.2. The fourth-order valence-electron chi connectivity index (χ4n) is 1.56. The van der Waals surface area contributed by atoms with Crippen molar-refractivity contribution >= 4 is 21.6 Å². The van der Waals surface area contributed by atoms with Gasteiger partial charge in [-0.3, -0.25) is 4.98 Å². The molecule has 0 aliphatic rings. The van der Waals surface area contributed by atoms with Crippen molar-refractivity contribution in [3.63, 3.8) is 0 Å². The largest absolute Gasteiger partial charge is 0.573 e. The molecule has 0 fully saturated rings. The van der Waals surface area contributed by atoms with Crippen LogP contribution in [0, 0.1) is 0 Å². The number of hydrogen-bond donors (Lipinski definition) is 1. The number of rotatable bonds is 4. The average Bonchev–Trinajstić information content (AvgIpc) is 2.35. The Labute approximate surface area is 121 Å². The molecule has 0 aliphatic carbocycles. The van der Waals surface area contributed by atoms with Crippen LogP contribution in [-0.2, 0) is 6.54 Å². The minimum absolute atomic E-state index is 0.255. The smallest absolute Gasteiger partial charge is 0.406 e. The van der Waals surface area contributed by atoms with Crippen LogP contribution in [0.2, 0.25) is 0 Å². The SMILES string of the molecule is FC(F)(F)Oc1cccc(NCc2cncc(Br)c2)c1. The minimum atomic E-state index is -4.69. The first kappa shape index (κ1) is 14.6. The highest BCUT2D eigenvalue weighted by atomic mass is 79.9. The van der Waals surface area contributed by atoms with Gasteiger partial charge in [0.1, 0.15) is 5.75 Å². The second kappa shape index (κ2) is 6.13. The monoisotopic (exact) mass is 346 g/mol. The van der Waals surface area contributed by atoms with E-state index in [0.29, 0.717) is 12.2 Å². The van der Waals surface area contributed by atoms with Crippen molar-refractivity contribution < 1.29 is 17.9 Å². The van der Waals surface area contributed by atoms with Crippen LogP contribution in [-0.4, -0.2) is 11.3 Å². The van der Waals surface area contributed by atoms with Gasteiger partial charge in [0.2, 0.25) is 0 Å². The number of ether oxygens (including phenoxy) is 1. The molecule has 0 bridgehead atoms. The van der Waals surface area contributed by atoms with Crippen LogP contribution in [0.3, 0.4) is 0 Å². The Morgan fingerprint density at radius 3 is 2.70 bits per heavy atom. The third-order valence-electron chi connectivity index (χ3n) is 2.33. The quantitative estimate of drug-likeness (QED) is 0.893. The molecule has 3 nitrogen and oxygen atoms in total. The Balaban J connectivity index is 2.01. The van der Waals surface area contributed by atoms with Crippen molar-refractivity contribution in [1.29, 1.82) is 0 Å². The highest BCUT2D eigenvalue weighted by Crippen LogP contribution is 2.25. The molecular formula is C13H10BrF3N2O. The van der Waals surface area contributed by atoms with Gasteiger partial charge in [0.15, 0.2) is 0 Å². The van der Waals surface area contributed by atoms with Crippen molar-refractivity contribution in [2.24, 2.45) is 0 Å². The summed E-state index contributed by atoms with van der Waals surface area (Å²) in [5, 5.41) is 3.01. The van der Waals surface area contributed by atoms with E-state index in [1.54, 1.807) is 18.5 Å². The highest BCUT2D eigenvalue weighted by Gasteiger charge is 2.31. The summed E-state index contributed by atoms with van der Waals surface area (Å²) in [4.78, 5) is 4.00. The standard InChI is InChI=1S/C13H10BrF3N2O/c14-10-4-9(6-18-8-10)7-19-11-2-1-3-12(5-11)20-13(15,16)17/h1-6,8,19H,7H2. The summed E-state index contributed by atoms with van der Waals surface area (Å²) in [6.45, 7) is 0.446. The number of halogens is 4. The summed E-state index contributed by atoms with van der Waals surface area (Å²) in [6.07, 6.45) is -1.36. The number of benzene rings is 1. The first-order valence-corrected chi connectivity index (χ1v) is 6.41. The third-order valence-corrected chi connectivity index (χ3v) is 2.76. The molecule has 1 heterocycles. The molecule has 0 radical (unpaired) electrons. The van der Waals surface area contributed by atoms with Crippen LogP contribution < -0.4 is 10.1 Å². The Morgan fingerprint density at radius 1 is 1.20 bits per heavy atom. The van der Waals surface area contributed by atoms with E-state index in [-0.39, 0.29) is 5.75 Å². The summed E-state index contributed by atoms with van der Waals surface area (Å²) in [6, 6.07) is 7.56. The third kappa shape index (κ3) is 4.73. The molecule has 1 aromatic carbocycles. The topological polar surface area (TPSA) is 34.1 Å². The van der Waals surface area contributed by atoms with Gasteiger partial charge in [0.25, 0.3) is 0 Å².